The second kappa shape index (κ2) is 7.91. The van der Waals surface area contributed by atoms with Gasteiger partial charge in [-0.1, -0.05) is 36.4 Å². The average molecular weight is 529 g/mol. The fraction of sp³-hybridized carbons (Fsp3) is 0.0526. The summed E-state index contributed by atoms with van der Waals surface area (Å²) in [6.07, 6.45) is 0. The molecule has 0 aliphatic rings. The van der Waals surface area contributed by atoms with Gasteiger partial charge in [0.05, 0.1) is 18.0 Å². The van der Waals surface area contributed by atoms with Crippen molar-refractivity contribution in [3.63, 3.8) is 0 Å². The van der Waals surface area contributed by atoms with Gasteiger partial charge >= 0.3 is 36.4 Å². The Hall–Kier alpha value is -1.79. The van der Waals surface area contributed by atoms with Crippen LogP contribution >= 0.6 is 0 Å². The Morgan fingerprint density at radius 3 is 1.21 bits per heavy atom. The van der Waals surface area contributed by atoms with Crippen LogP contribution in [0.4, 0.5) is 16.9 Å². The zero-order valence-electron chi connectivity index (χ0n) is 14.6. The summed E-state index contributed by atoms with van der Waals surface area (Å²) in [7, 11) is 1.62. The van der Waals surface area contributed by atoms with Crippen molar-refractivity contribution in [3.8, 4) is 5.75 Å². The molecule has 0 fully saturated rings. The molecule has 0 aromatic heterocycles. The van der Waals surface area contributed by atoms with Gasteiger partial charge < -0.3 is 4.74 Å². The van der Waals surface area contributed by atoms with E-state index in [0.29, 0.717) is 0 Å². The van der Waals surface area contributed by atoms with Crippen LogP contribution in [0.1, 0.15) is 0 Å². The monoisotopic (exact) mass is 528 g/mol. The van der Waals surface area contributed by atoms with E-state index in [1.54, 1.807) is 7.11 Å². The molecule has 152 valence electrons. The predicted octanol–water partition coefficient (Wildman–Crippen LogP) is 6.93. The van der Waals surface area contributed by atoms with Gasteiger partial charge in [-0.2, -0.15) is 0 Å². The summed E-state index contributed by atoms with van der Waals surface area (Å²) in [6.45, 7) is 0. The minimum atomic E-state index is -11.2. The summed E-state index contributed by atoms with van der Waals surface area (Å²) in [5.74, 6) is 0.892. The molecule has 0 saturated carbocycles. The van der Waals surface area contributed by atoms with E-state index >= 15 is 0 Å². The van der Waals surface area contributed by atoms with Gasteiger partial charge in [0.15, 0.2) is 14.7 Å². The number of benzene rings is 3. The van der Waals surface area contributed by atoms with Crippen LogP contribution in [0.2, 0.25) is 0 Å². The van der Waals surface area contributed by atoms with Gasteiger partial charge in [0.25, 0.3) is 0 Å². The van der Waals surface area contributed by atoms with Crippen molar-refractivity contribution in [2.24, 2.45) is 0 Å². The fourth-order valence-electron chi connectivity index (χ4n) is 2.23. The molecule has 3 aromatic carbocycles. The molecule has 28 heavy (non-hydrogen) atoms. The van der Waals surface area contributed by atoms with E-state index in [9.17, 15) is 16.9 Å². The third kappa shape index (κ3) is 8.93. The van der Waals surface area contributed by atoms with Gasteiger partial charge in [-0.05, 0) is 48.5 Å². The van der Waals surface area contributed by atoms with Crippen molar-refractivity contribution in [3.05, 3.63) is 84.9 Å². The molecule has 0 unspecified atom stereocenters. The van der Waals surface area contributed by atoms with E-state index in [-0.39, 0.29) is 10.9 Å². The van der Waals surface area contributed by atoms with Crippen LogP contribution in [0.5, 0.6) is 5.75 Å². The molecular weight excluding hydrogens is 512 g/mol. The number of ether oxygens (including phenoxy) is 1. The summed E-state index contributed by atoms with van der Waals surface area (Å²) < 4.78 is 64.8. The zero-order chi connectivity index (χ0) is 20.9. The van der Waals surface area contributed by atoms with Gasteiger partial charge in [-0.3, -0.25) is 0 Å². The van der Waals surface area contributed by atoms with E-state index in [1.165, 1.54) is 14.7 Å². The summed E-state index contributed by atoms with van der Waals surface area (Å²) in [5, 5.41) is 0. The van der Waals surface area contributed by atoms with Crippen molar-refractivity contribution in [2.75, 3.05) is 7.11 Å². The first-order valence-corrected chi connectivity index (χ1v) is 14.9. The Balaban J connectivity index is 0.000000345. The Morgan fingerprint density at radius 1 is 0.571 bits per heavy atom. The predicted molar refractivity (Wildman–Crippen MR) is 100 cm³/mol. The second-order valence-corrected chi connectivity index (χ2v) is 13.1. The number of hydrogen-bond acceptors (Lipinski definition) is 1. The summed E-state index contributed by atoms with van der Waals surface area (Å²) in [4.78, 5) is 3.95. The molecule has 0 saturated heterocycles. The molecule has 0 N–H and O–H groups in total. The molecule has 0 atom stereocenters. The topological polar surface area (TPSA) is 9.23 Å². The quantitative estimate of drug-likeness (QED) is 0.203. The number of halogens is 6. The Labute approximate surface area is 164 Å². The van der Waals surface area contributed by atoms with Crippen LogP contribution in [-0.4, -0.2) is 26.6 Å². The maximum absolute atomic E-state index is 11.2. The van der Waals surface area contributed by atoms with E-state index in [4.69, 9.17) is 4.74 Å². The van der Waals surface area contributed by atoms with Crippen LogP contribution in [0.15, 0.2) is 99.6 Å². The average Bonchev–Trinajstić information content (AvgIpc) is 2.62. The molecule has 0 amide bonds. The van der Waals surface area contributed by atoms with E-state index in [2.05, 4.69) is 72.8 Å². The molecule has 0 spiro atoms. The third-order valence-corrected chi connectivity index (χ3v) is 5.48. The first kappa shape index (κ1) is 22.5. The minimum absolute atomic E-state index is 0.0804. The fourth-order valence-corrected chi connectivity index (χ4v) is 4.32. The Kier molecular flexibility index (Phi) is 6.36. The summed E-state index contributed by atoms with van der Waals surface area (Å²) in [6, 6.07) is 29.7. The van der Waals surface area contributed by atoms with E-state index in [1.807, 2.05) is 12.1 Å². The van der Waals surface area contributed by atoms with Crippen molar-refractivity contribution < 1.29 is 21.6 Å². The normalized spacial score (nSPS) is 13.7. The van der Waals surface area contributed by atoms with Gasteiger partial charge in [-0.25, -0.2) is 0 Å². The molecule has 3 aromatic rings. The van der Waals surface area contributed by atoms with Gasteiger partial charge in [0.2, 0.25) is 0 Å². The molecule has 0 bridgehead atoms. The van der Waals surface area contributed by atoms with Crippen LogP contribution in [0, 0.1) is 0 Å². The maximum atomic E-state index is 9.93. The van der Waals surface area contributed by atoms with Crippen LogP contribution in [-0.2, 0) is 10.9 Å². The summed E-state index contributed by atoms with van der Waals surface area (Å²) in [5.41, 5.74) is 0. The standard InChI is InChI=1S/C19H17OS.6FH.Sb/c1-20-16-12-14-19(15-13-16)21(17-8-4-2-5-9-17)18-10-6-3-7-11-18;;;;;;;/h2-15H,1H3;6*1H;/q+1;;;;;;;+5/p-6. The van der Waals surface area contributed by atoms with E-state index in [0.717, 1.165) is 5.75 Å². The molecule has 1 nitrogen and oxygen atoms in total. The molecular formula is C19H17F6OSSb. The number of hydrogen-bond donors (Lipinski definition) is 0. The molecule has 0 aliphatic carbocycles. The van der Waals surface area contributed by atoms with Crippen molar-refractivity contribution in [1.82, 2.24) is 0 Å². The van der Waals surface area contributed by atoms with Crippen LogP contribution < -0.4 is 4.74 Å². The van der Waals surface area contributed by atoms with Gasteiger partial charge in [0.1, 0.15) is 5.75 Å². The molecule has 3 rings (SSSR count). The second-order valence-electron chi connectivity index (χ2n) is 5.57. The molecule has 0 heterocycles. The first-order chi connectivity index (χ1) is 12.8. The van der Waals surface area contributed by atoms with Crippen LogP contribution in [0.25, 0.3) is 0 Å². The molecule has 0 radical (unpaired) electrons. The van der Waals surface area contributed by atoms with Crippen molar-refractivity contribution in [2.45, 2.75) is 14.7 Å². The van der Waals surface area contributed by atoms with Gasteiger partial charge in [0, 0.05) is 0 Å². The van der Waals surface area contributed by atoms with E-state index < -0.39 is 19.5 Å². The van der Waals surface area contributed by atoms with Crippen LogP contribution in [0.3, 0.4) is 0 Å². The number of methoxy groups -OCH3 is 1. The zero-order valence-corrected chi connectivity index (χ0v) is 18.0. The SMILES string of the molecule is COc1ccc([S+](c2ccccc2)c2ccccc2)cc1.[F][Sb-]([F])([F])([F])([F])[F]. The molecule has 0 aliphatic heterocycles. The van der Waals surface area contributed by atoms with Crippen molar-refractivity contribution >= 4 is 30.4 Å². The summed E-state index contributed by atoms with van der Waals surface area (Å²) >= 11 is -11.2. The van der Waals surface area contributed by atoms with Gasteiger partial charge in [-0.15, -0.1) is 0 Å². The third-order valence-electron chi connectivity index (χ3n) is 3.25. The Bertz CT molecular complexity index is 834. The van der Waals surface area contributed by atoms with Crippen molar-refractivity contribution in [1.29, 1.82) is 0 Å². The molecule has 9 heteroatoms. The number of rotatable bonds is 4. The Morgan fingerprint density at radius 2 is 0.893 bits per heavy atom. The first-order valence-electron chi connectivity index (χ1n) is 7.88.